The maximum absolute atomic E-state index is 6.18. The van der Waals surface area contributed by atoms with Gasteiger partial charge in [0.2, 0.25) is 11.9 Å². The van der Waals surface area contributed by atoms with Crippen LogP contribution in [0.15, 0.2) is 48.5 Å². The second-order valence-corrected chi connectivity index (χ2v) is 6.45. The van der Waals surface area contributed by atoms with Crippen LogP contribution in [0.5, 0.6) is 5.75 Å². The molecule has 3 N–H and O–H groups in total. The molecule has 1 aromatic heterocycles. The first kappa shape index (κ1) is 15.8. The van der Waals surface area contributed by atoms with Gasteiger partial charge < -0.3 is 15.8 Å². The molecule has 2 heterocycles. The molecule has 0 unspecified atom stereocenters. The Morgan fingerprint density at radius 1 is 1.20 bits per heavy atom. The van der Waals surface area contributed by atoms with E-state index in [-0.39, 0.29) is 18.0 Å². The Labute approximate surface area is 150 Å². The smallest absolute Gasteiger partial charge is 0.241 e. The van der Waals surface area contributed by atoms with Crippen molar-refractivity contribution in [3.63, 3.8) is 0 Å². The van der Waals surface area contributed by atoms with E-state index in [0.29, 0.717) is 11.0 Å². The summed E-state index contributed by atoms with van der Waals surface area (Å²) in [5, 5.41) is 8.47. The summed E-state index contributed by atoms with van der Waals surface area (Å²) < 4.78 is 7.08. The number of nitrogens with two attached hydrogens (primary N) is 1. The number of fused-ring (bicyclic) bond motifs is 1. The number of hydrogen-bond acceptors (Lipinski definition) is 5. The summed E-state index contributed by atoms with van der Waals surface area (Å²) >= 11 is 6.18. The highest BCUT2D eigenvalue weighted by atomic mass is 35.5. The SMILES string of the molecule is COc1ccc([C@@H]2C[C@H](c3cccc(Cl)c3)n3nc(N)nc3N2)cc1. The minimum atomic E-state index is 0.00634. The molecule has 0 fully saturated rings. The molecule has 0 spiro atoms. The molecule has 0 saturated heterocycles. The van der Waals surface area contributed by atoms with Gasteiger partial charge in [-0.25, -0.2) is 4.68 Å². The van der Waals surface area contributed by atoms with Crippen LogP contribution in [0, 0.1) is 0 Å². The quantitative estimate of drug-likeness (QED) is 0.749. The number of nitrogens with one attached hydrogen (secondary N) is 1. The molecular weight excluding hydrogens is 338 g/mol. The van der Waals surface area contributed by atoms with Gasteiger partial charge in [0.15, 0.2) is 0 Å². The van der Waals surface area contributed by atoms with E-state index in [2.05, 4.69) is 33.6 Å². The summed E-state index contributed by atoms with van der Waals surface area (Å²) in [7, 11) is 1.66. The maximum Gasteiger partial charge on any atom is 0.241 e. The first-order chi connectivity index (χ1) is 12.1. The van der Waals surface area contributed by atoms with Gasteiger partial charge in [-0.05, 0) is 41.8 Å². The zero-order chi connectivity index (χ0) is 17.4. The second kappa shape index (κ2) is 6.29. The molecule has 7 heteroatoms. The van der Waals surface area contributed by atoms with E-state index >= 15 is 0 Å². The van der Waals surface area contributed by atoms with Gasteiger partial charge in [-0.1, -0.05) is 35.9 Å². The van der Waals surface area contributed by atoms with Crippen LogP contribution in [0.3, 0.4) is 0 Å². The lowest BCUT2D eigenvalue weighted by atomic mass is 9.93. The van der Waals surface area contributed by atoms with Crippen molar-refractivity contribution < 1.29 is 4.74 Å². The fourth-order valence-electron chi connectivity index (χ4n) is 3.24. The van der Waals surface area contributed by atoms with E-state index in [4.69, 9.17) is 22.1 Å². The van der Waals surface area contributed by atoms with Gasteiger partial charge in [0.25, 0.3) is 0 Å². The number of nitrogens with zero attached hydrogens (tertiary/aromatic N) is 3. The van der Waals surface area contributed by atoms with Crippen molar-refractivity contribution in [1.29, 1.82) is 0 Å². The van der Waals surface area contributed by atoms with Gasteiger partial charge in [-0.3, -0.25) is 0 Å². The molecule has 4 rings (SSSR count). The van der Waals surface area contributed by atoms with E-state index in [1.165, 1.54) is 0 Å². The Kier molecular flexibility index (Phi) is 3.97. The van der Waals surface area contributed by atoms with E-state index in [9.17, 15) is 0 Å². The molecule has 0 saturated carbocycles. The fraction of sp³-hybridized carbons (Fsp3) is 0.222. The van der Waals surface area contributed by atoms with Crippen LogP contribution >= 0.6 is 11.6 Å². The van der Waals surface area contributed by atoms with Crippen LogP contribution in [0.1, 0.15) is 29.6 Å². The van der Waals surface area contributed by atoms with Crippen molar-refractivity contribution in [2.75, 3.05) is 18.2 Å². The number of nitrogen functional groups attached to an aromatic ring is 1. The highest BCUT2D eigenvalue weighted by molar-refractivity contribution is 6.30. The lowest BCUT2D eigenvalue weighted by molar-refractivity contribution is 0.413. The fourth-order valence-corrected chi connectivity index (χ4v) is 3.44. The second-order valence-electron chi connectivity index (χ2n) is 6.01. The summed E-state index contributed by atoms with van der Waals surface area (Å²) in [4.78, 5) is 4.32. The molecule has 0 bridgehead atoms. The largest absolute Gasteiger partial charge is 0.497 e. The van der Waals surface area contributed by atoms with Crippen molar-refractivity contribution in [1.82, 2.24) is 14.8 Å². The number of benzene rings is 2. The Morgan fingerprint density at radius 2 is 2.00 bits per heavy atom. The molecular formula is C18H18ClN5O. The maximum atomic E-state index is 6.18. The normalized spacial score (nSPS) is 19.1. The van der Waals surface area contributed by atoms with Gasteiger partial charge in [0, 0.05) is 5.02 Å². The van der Waals surface area contributed by atoms with Gasteiger partial charge in [-0.2, -0.15) is 4.98 Å². The lowest BCUT2D eigenvalue weighted by Gasteiger charge is -2.31. The van der Waals surface area contributed by atoms with Crippen LogP contribution in [0.4, 0.5) is 11.9 Å². The standard InChI is InChI=1S/C18H18ClN5O/c1-25-14-7-5-11(6-8-14)15-10-16(12-3-2-4-13(19)9-12)24-18(21-15)22-17(20)23-24/h2-9,15-16H,10H2,1H3,(H3,20,21,22,23)/t15-,16+/m0/s1. The van der Waals surface area contributed by atoms with E-state index < -0.39 is 0 Å². The molecule has 128 valence electrons. The van der Waals surface area contributed by atoms with Gasteiger partial charge in [-0.15, -0.1) is 5.10 Å². The van der Waals surface area contributed by atoms with E-state index in [1.807, 2.05) is 35.0 Å². The Hall–Kier alpha value is -2.73. The third-order valence-electron chi connectivity index (χ3n) is 4.46. The molecule has 25 heavy (non-hydrogen) atoms. The van der Waals surface area contributed by atoms with Crippen LogP contribution in [-0.2, 0) is 0 Å². The predicted octanol–water partition coefficient (Wildman–Crippen LogP) is 3.67. The summed E-state index contributed by atoms with van der Waals surface area (Å²) in [5.74, 6) is 1.75. The lowest BCUT2D eigenvalue weighted by Crippen LogP contribution is -2.28. The van der Waals surface area contributed by atoms with Crippen LogP contribution in [-0.4, -0.2) is 21.9 Å². The van der Waals surface area contributed by atoms with Crippen LogP contribution in [0.25, 0.3) is 0 Å². The summed E-state index contributed by atoms with van der Waals surface area (Å²) in [6.07, 6.45) is 0.808. The minimum Gasteiger partial charge on any atom is -0.497 e. The van der Waals surface area contributed by atoms with Crippen molar-refractivity contribution in [3.05, 3.63) is 64.7 Å². The zero-order valence-electron chi connectivity index (χ0n) is 13.7. The number of anilines is 2. The third-order valence-corrected chi connectivity index (χ3v) is 4.69. The number of aromatic nitrogens is 3. The molecule has 1 aliphatic rings. The molecule has 2 atom stereocenters. The average molecular weight is 356 g/mol. The van der Waals surface area contributed by atoms with Gasteiger partial charge in [0.1, 0.15) is 5.75 Å². The predicted molar refractivity (Wildman–Crippen MR) is 98.0 cm³/mol. The number of rotatable bonds is 3. The number of ether oxygens (including phenoxy) is 1. The average Bonchev–Trinajstić information content (AvgIpc) is 3.01. The van der Waals surface area contributed by atoms with Crippen LogP contribution < -0.4 is 15.8 Å². The number of hydrogen-bond donors (Lipinski definition) is 2. The van der Waals surface area contributed by atoms with E-state index in [1.54, 1.807) is 7.11 Å². The minimum absolute atomic E-state index is 0.00634. The Morgan fingerprint density at radius 3 is 2.72 bits per heavy atom. The summed E-state index contributed by atoms with van der Waals surface area (Å²) in [6.45, 7) is 0. The van der Waals surface area contributed by atoms with Crippen LogP contribution in [0.2, 0.25) is 5.02 Å². The zero-order valence-corrected chi connectivity index (χ0v) is 14.4. The Balaban J connectivity index is 1.73. The van der Waals surface area contributed by atoms with Crippen molar-refractivity contribution in [2.24, 2.45) is 0 Å². The molecule has 0 aliphatic carbocycles. The molecule has 0 amide bonds. The molecule has 6 nitrogen and oxygen atoms in total. The summed E-state index contributed by atoms with van der Waals surface area (Å²) in [6, 6.07) is 15.9. The van der Waals surface area contributed by atoms with Crippen molar-refractivity contribution in [3.8, 4) is 5.75 Å². The first-order valence-electron chi connectivity index (χ1n) is 8.02. The molecule has 0 radical (unpaired) electrons. The van der Waals surface area contributed by atoms with Crippen molar-refractivity contribution >= 4 is 23.5 Å². The van der Waals surface area contributed by atoms with E-state index in [0.717, 1.165) is 23.3 Å². The van der Waals surface area contributed by atoms with Crippen molar-refractivity contribution in [2.45, 2.75) is 18.5 Å². The van der Waals surface area contributed by atoms with Gasteiger partial charge >= 0.3 is 0 Å². The topological polar surface area (TPSA) is 78.0 Å². The monoisotopic (exact) mass is 355 g/mol. The first-order valence-corrected chi connectivity index (χ1v) is 8.40. The number of halogens is 1. The highest BCUT2D eigenvalue weighted by Crippen LogP contribution is 2.38. The Bertz CT molecular complexity index is 893. The third kappa shape index (κ3) is 3.00. The molecule has 2 aromatic carbocycles. The summed E-state index contributed by atoms with van der Waals surface area (Å²) in [5.41, 5.74) is 8.06. The molecule has 1 aliphatic heterocycles. The highest BCUT2D eigenvalue weighted by Gasteiger charge is 2.30. The molecule has 3 aromatic rings. The van der Waals surface area contributed by atoms with Gasteiger partial charge in [0.05, 0.1) is 19.2 Å². The number of methoxy groups -OCH3 is 1.